The van der Waals surface area contributed by atoms with Crippen molar-refractivity contribution in [1.29, 1.82) is 0 Å². The molecule has 13 heavy (non-hydrogen) atoms. The van der Waals surface area contributed by atoms with Crippen molar-refractivity contribution in [2.75, 3.05) is 7.11 Å². The summed E-state index contributed by atoms with van der Waals surface area (Å²) in [5, 5.41) is -0.0415. The third kappa shape index (κ3) is 2.19. The molecule has 1 aromatic rings. The lowest BCUT2D eigenvalue weighted by Crippen LogP contribution is -1.98. The van der Waals surface area contributed by atoms with Crippen molar-refractivity contribution in [3.63, 3.8) is 0 Å². The second kappa shape index (κ2) is 4.36. The molecule has 0 bridgehead atoms. The van der Waals surface area contributed by atoms with Gasteiger partial charge in [-0.25, -0.2) is 13.8 Å². The van der Waals surface area contributed by atoms with Crippen LogP contribution >= 0.6 is 34.2 Å². The predicted octanol–water partition coefficient (Wildman–Crippen LogP) is 3.29. The van der Waals surface area contributed by atoms with Gasteiger partial charge in [-0.15, -0.1) is 0 Å². The van der Waals surface area contributed by atoms with Gasteiger partial charge in [-0.2, -0.15) is 0 Å². The molecule has 0 aliphatic heterocycles. The van der Waals surface area contributed by atoms with E-state index in [1.807, 2.05) is 0 Å². The summed E-state index contributed by atoms with van der Waals surface area (Å²) in [4.78, 5) is 3.74. The molecule has 0 aromatic carbocycles. The number of nitrogens with zero attached hydrogens (tertiary/aromatic N) is 1. The fraction of sp³-hybridized carbons (Fsp3) is 0.286. The summed E-state index contributed by atoms with van der Waals surface area (Å²) in [7, 11) is 1.37. The summed E-state index contributed by atoms with van der Waals surface area (Å²) >= 11 is 7.28. The second-order valence-corrected chi connectivity index (χ2v) is 3.63. The first-order chi connectivity index (χ1) is 6.07. The van der Waals surface area contributed by atoms with E-state index in [1.54, 1.807) is 22.6 Å². The number of alkyl halides is 2. The van der Waals surface area contributed by atoms with Crippen LogP contribution in [0.5, 0.6) is 5.88 Å². The monoisotopic (exact) mass is 319 g/mol. The van der Waals surface area contributed by atoms with Crippen molar-refractivity contribution in [2.45, 2.75) is 6.43 Å². The average Bonchev–Trinajstić information content (AvgIpc) is 2.04. The van der Waals surface area contributed by atoms with Crippen LogP contribution in [0, 0.1) is 3.57 Å². The molecule has 0 saturated carbocycles. The van der Waals surface area contributed by atoms with Crippen LogP contribution in [0.25, 0.3) is 0 Å². The number of halogens is 4. The van der Waals surface area contributed by atoms with E-state index in [-0.39, 0.29) is 20.0 Å². The molecular formula is C7H5ClF2INO. The van der Waals surface area contributed by atoms with Crippen LogP contribution in [0.1, 0.15) is 12.0 Å². The van der Waals surface area contributed by atoms with Crippen LogP contribution < -0.4 is 4.74 Å². The Bertz CT molecular complexity index is 322. The van der Waals surface area contributed by atoms with E-state index in [1.165, 1.54) is 7.11 Å². The fourth-order valence-corrected chi connectivity index (χ4v) is 2.07. The van der Waals surface area contributed by atoms with Gasteiger partial charge in [0.2, 0.25) is 5.88 Å². The number of hydrogen-bond donors (Lipinski definition) is 0. The van der Waals surface area contributed by atoms with Gasteiger partial charge < -0.3 is 4.74 Å². The standard InChI is InChI=1S/C7H5ClF2INO/c1-13-7-5(11)4(6(9)10)3(8)2-12-7/h2,6H,1H3. The van der Waals surface area contributed by atoms with Gasteiger partial charge >= 0.3 is 0 Å². The third-order valence-electron chi connectivity index (χ3n) is 1.39. The Balaban J connectivity index is 3.30. The van der Waals surface area contributed by atoms with Crippen molar-refractivity contribution in [2.24, 2.45) is 0 Å². The minimum atomic E-state index is -2.61. The van der Waals surface area contributed by atoms with Crippen LogP contribution in [0.2, 0.25) is 5.02 Å². The molecule has 0 spiro atoms. The first kappa shape index (κ1) is 10.9. The fourth-order valence-electron chi connectivity index (χ4n) is 0.804. The molecule has 0 saturated heterocycles. The Kier molecular flexibility index (Phi) is 3.66. The van der Waals surface area contributed by atoms with Crippen LogP contribution in [0.4, 0.5) is 8.78 Å². The van der Waals surface area contributed by atoms with Gasteiger partial charge in [0.05, 0.1) is 27.5 Å². The molecule has 0 amide bonds. The molecule has 1 heterocycles. The van der Waals surface area contributed by atoms with Gasteiger partial charge in [0, 0.05) is 0 Å². The molecule has 6 heteroatoms. The summed E-state index contributed by atoms with van der Waals surface area (Å²) < 4.78 is 29.9. The van der Waals surface area contributed by atoms with Crippen LogP contribution in [-0.2, 0) is 0 Å². The Morgan fingerprint density at radius 1 is 1.62 bits per heavy atom. The Hall–Kier alpha value is -0.170. The van der Waals surface area contributed by atoms with Crippen molar-refractivity contribution < 1.29 is 13.5 Å². The minimum Gasteiger partial charge on any atom is -0.480 e. The zero-order chi connectivity index (χ0) is 10.0. The zero-order valence-electron chi connectivity index (χ0n) is 6.52. The number of rotatable bonds is 2. The lowest BCUT2D eigenvalue weighted by Gasteiger charge is -2.08. The van der Waals surface area contributed by atoms with Crippen LogP contribution in [0.15, 0.2) is 6.20 Å². The summed E-state index contributed by atoms with van der Waals surface area (Å²) in [6.07, 6.45) is -1.46. The summed E-state index contributed by atoms with van der Waals surface area (Å²) in [6, 6.07) is 0. The van der Waals surface area contributed by atoms with E-state index in [0.717, 1.165) is 6.20 Å². The lowest BCUT2D eigenvalue weighted by atomic mass is 10.3. The van der Waals surface area contributed by atoms with Crippen molar-refractivity contribution in [1.82, 2.24) is 4.98 Å². The lowest BCUT2D eigenvalue weighted by molar-refractivity contribution is 0.150. The van der Waals surface area contributed by atoms with Crippen molar-refractivity contribution >= 4 is 34.2 Å². The zero-order valence-corrected chi connectivity index (χ0v) is 9.44. The van der Waals surface area contributed by atoms with E-state index in [0.29, 0.717) is 0 Å². The quantitative estimate of drug-likeness (QED) is 0.781. The maximum atomic E-state index is 12.4. The molecule has 0 atom stereocenters. The van der Waals surface area contributed by atoms with E-state index < -0.39 is 6.43 Å². The van der Waals surface area contributed by atoms with Crippen molar-refractivity contribution in [3.8, 4) is 5.88 Å². The highest BCUT2D eigenvalue weighted by Gasteiger charge is 2.19. The molecule has 0 aliphatic carbocycles. The Labute approximate surface area is 92.4 Å². The van der Waals surface area contributed by atoms with E-state index >= 15 is 0 Å². The number of ether oxygens (including phenoxy) is 1. The maximum absolute atomic E-state index is 12.4. The molecular weight excluding hydrogens is 314 g/mol. The van der Waals surface area contributed by atoms with E-state index in [2.05, 4.69) is 4.98 Å². The third-order valence-corrected chi connectivity index (χ3v) is 2.73. The molecule has 0 unspecified atom stereocenters. The van der Waals surface area contributed by atoms with Crippen molar-refractivity contribution in [3.05, 3.63) is 20.4 Å². The van der Waals surface area contributed by atoms with Crippen LogP contribution in [0.3, 0.4) is 0 Å². The molecule has 2 nitrogen and oxygen atoms in total. The molecule has 1 aromatic heterocycles. The molecule has 0 radical (unpaired) electrons. The second-order valence-electron chi connectivity index (χ2n) is 2.14. The normalized spacial score (nSPS) is 10.6. The van der Waals surface area contributed by atoms with Gasteiger partial charge in [-0.3, -0.25) is 0 Å². The highest BCUT2D eigenvalue weighted by Crippen LogP contribution is 2.34. The molecule has 1 rings (SSSR count). The van der Waals surface area contributed by atoms with Gasteiger partial charge in [0.25, 0.3) is 6.43 Å². The highest BCUT2D eigenvalue weighted by atomic mass is 127. The summed E-state index contributed by atoms with van der Waals surface area (Å²) in [5.74, 6) is 0.167. The Morgan fingerprint density at radius 2 is 2.23 bits per heavy atom. The number of aromatic nitrogens is 1. The predicted molar refractivity (Wildman–Crippen MR) is 53.5 cm³/mol. The summed E-state index contributed by atoms with van der Waals surface area (Å²) in [5.41, 5.74) is -0.228. The SMILES string of the molecule is COc1ncc(Cl)c(C(F)F)c1I. The molecule has 0 aliphatic rings. The minimum absolute atomic E-state index is 0.0415. The van der Waals surface area contributed by atoms with E-state index in [9.17, 15) is 8.78 Å². The summed E-state index contributed by atoms with van der Waals surface area (Å²) in [6.45, 7) is 0. The highest BCUT2D eigenvalue weighted by molar-refractivity contribution is 14.1. The van der Waals surface area contributed by atoms with Gasteiger partial charge in [0.1, 0.15) is 0 Å². The van der Waals surface area contributed by atoms with Crippen LogP contribution in [-0.4, -0.2) is 12.1 Å². The smallest absolute Gasteiger partial charge is 0.266 e. The first-order valence-corrected chi connectivity index (χ1v) is 4.69. The first-order valence-electron chi connectivity index (χ1n) is 3.24. The number of pyridine rings is 1. The van der Waals surface area contributed by atoms with Gasteiger partial charge in [0.15, 0.2) is 0 Å². The maximum Gasteiger partial charge on any atom is 0.266 e. The van der Waals surface area contributed by atoms with Gasteiger partial charge in [-0.1, -0.05) is 11.6 Å². The molecule has 0 N–H and O–H groups in total. The van der Waals surface area contributed by atoms with E-state index in [4.69, 9.17) is 16.3 Å². The molecule has 72 valence electrons. The van der Waals surface area contributed by atoms with Gasteiger partial charge in [-0.05, 0) is 22.6 Å². The molecule has 0 fully saturated rings. The average molecular weight is 319 g/mol. The Morgan fingerprint density at radius 3 is 2.69 bits per heavy atom. The topological polar surface area (TPSA) is 22.1 Å². The number of hydrogen-bond acceptors (Lipinski definition) is 2. The number of methoxy groups -OCH3 is 1. The largest absolute Gasteiger partial charge is 0.480 e.